The van der Waals surface area contributed by atoms with Crippen molar-refractivity contribution in [3.8, 4) is 0 Å². The maximum Gasteiger partial charge on any atom is 0.0936 e. The van der Waals surface area contributed by atoms with E-state index in [0.29, 0.717) is 0 Å². The average molecular weight is 464 g/mol. The van der Waals surface area contributed by atoms with E-state index in [9.17, 15) is 0 Å². The standard InChI is InChI=1S/C30H33N5/c1-4-7-10-23-13-15-24(16-14-23)31-33-29-21-22-30(28-12-9-8-11-27(28)29)34-32-25-17-19-26(20-18-25)35(5-2)6-3/h8-9,11-22H,4-7,10H2,1-3H3. The summed E-state index contributed by atoms with van der Waals surface area (Å²) in [5.41, 5.74) is 5.85. The molecule has 4 rings (SSSR count). The molecule has 0 heterocycles. The molecule has 0 saturated heterocycles. The molecular formula is C30H33N5. The smallest absolute Gasteiger partial charge is 0.0936 e. The molecule has 4 aromatic carbocycles. The number of benzene rings is 4. The fourth-order valence-electron chi connectivity index (χ4n) is 4.09. The minimum absolute atomic E-state index is 0.813. The number of hydrogen-bond acceptors (Lipinski definition) is 5. The van der Waals surface area contributed by atoms with Crippen LogP contribution in [-0.4, -0.2) is 13.1 Å². The van der Waals surface area contributed by atoms with E-state index in [1.54, 1.807) is 0 Å². The molecule has 0 unspecified atom stereocenters. The molecule has 0 atom stereocenters. The molecule has 0 aromatic heterocycles. The number of hydrogen-bond donors (Lipinski definition) is 0. The van der Waals surface area contributed by atoms with Crippen molar-refractivity contribution in [1.82, 2.24) is 0 Å². The first-order valence-electron chi connectivity index (χ1n) is 12.5. The highest BCUT2D eigenvalue weighted by atomic mass is 15.1. The van der Waals surface area contributed by atoms with E-state index in [1.165, 1.54) is 24.1 Å². The Kier molecular flexibility index (Phi) is 8.34. The molecule has 0 radical (unpaired) electrons. The molecule has 0 amide bonds. The van der Waals surface area contributed by atoms with Gasteiger partial charge in [-0.25, -0.2) is 0 Å². The van der Waals surface area contributed by atoms with E-state index in [0.717, 1.165) is 53.0 Å². The van der Waals surface area contributed by atoms with Crippen LogP contribution in [0.25, 0.3) is 10.8 Å². The molecule has 0 aliphatic carbocycles. The van der Waals surface area contributed by atoms with Gasteiger partial charge in [-0.1, -0.05) is 49.7 Å². The second-order valence-electron chi connectivity index (χ2n) is 8.51. The normalized spacial score (nSPS) is 11.6. The second-order valence-corrected chi connectivity index (χ2v) is 8.51. The van der Waals surface area contributed by atoms with Gasteiger partial charge in [-0.3, -0.25) is 0 Å². The Morgan fingerprint density at radius 3 is 1.57 bits per heavy atom. The summed E-state index contributed by atoms with van der Waals surface area (Å²) in [6, 6.07) is 28.6. The van der Waals surface area contributed by atoms with E-state index in [4.69, 9.17) is 0 Å². The summed E-state index contributed by atoms with van der Waals surface area (Å²) in [5, 5.41) is 20.1. The number of azo groups is 2. The van der Waals surface area contributed by atoms with Gasteiger partial charge >= 0.3 is 0 Å². The molecule has 0 bridgehead atoms. The van der Waals surface area contributed by atoms with Gasteiger partial charge in [0.1, 0.15) is 0 Å². The highest BCUT2D eigenvalue weighted by Crippen LogP contribution is 2.35. The van der Waals surface area contributed by atoms with E-state index in [2.05, 4.69) is 82.5 Å². The largest absolute Gasteiger partial charge is 0.372 e. The van der Waals surface area contributed by atoms with E-state index < -0.39 is 0 Å². The quantitative estimate of drug-likeness (QED) is 0.216. The van der Waals surface area contributed by atoms with Crippen molar-refractivity contribution >= 4 is 39.2 Å². The van der Waals surface area contributed by atoms with Gasteiger partial charge < -0.3 is 4.90 Å². The van der Waals surface area contributed by atoms with Gasteiger partial charge in [-0.15, -0.1) is 10.2 Å². The lowest BCUT2D eigenvalue weighted by molar-refractivity contribution is 0.795. The summed E-state index contributed by atoms with van der Waals surface area (Å²) < 4.78 is 0. The Hall–Kier alpha value is -3.86. The third-order valence-corrected chi connectivity index (χ3v) is 6.16. The van der Waals surface area contributed by atoms with E-state index in [1.807, 2.05) is 48.5 Å². The van der Waals surface area contributed by atoms with Crippen LogP contribution >= 0.6 is 0 Å². The first-order valence-corrected chi connectivity index (χ1v) is 12.5. The summed E-state index contributed by atoms with van der Waals surface area (Å²) in [6.45, 7) is 8.50. The van der Waals surface area contributed by atoms with E-state index in [-0.39, 0.29) is 0 Å². The summed E-state index contributed by atoms with van der Waals surface area (Å²) >= 11 is 0. The first-order chi connectivity index (χ1) is 17.2. The van der Waals surface area contributed by atoms with Crippen LogP contribution in [0.1, 0.15) is 39.2 Å². The van der Waals surface area contributed by atoms with Crippen molar-refractivity contribution in [1.29, 1.82) is 0 Å². The monoisotopic (exact) mass is 463 g/mol. The van der Waals surface area contributed by atoms with Crippen molar-refractivity contribution in [3.63, 3.8) is 0 Å². The van der Waals surface area contributed by atoms with Crippen LogP contribution in [0.15, 0.2) is 105 Å². The number of fused-ring (bicyclic) bond motifs is 1. The summed E-state index contributed by atoms with van der Waals surface area (Å²) in [6.07, 6.45) is 3.51. The fourth-order valence-corrected chi connectivity index (χ4v) is 4.09. The van der Waals surface area contributed by atoms with Crippen molar-refractivity contribution in [2.45, 2.75) is 40.0 Å². The first kappa shape index (κ1) is 24.3. The van der Waals surface area contributed by atoms with Gasteiger partial charge in [0.2, 0.25) is 0 Å². The highest BCUT2D eigenvalue weighted by Gasteiger charge is 2.06. The lowest BCUT2D eigenvalue weighted by atomic mass is 10.1. The Morgan fingerprint density at radius 2 is 1.09 bits per heavy atom. The lowest BCUT2D eigenvalue weighted by Gasteiger charge is -2.20. The molecule has 0 fully saturated rings. The third kappa shape index (κ3) is 6.18. The Labute approximate surface area is 208 Å². The van der Waals surface area contributed by atoms with Crippen LogP contribution in [0.3, 0.4) is 0 Å². The number of nitrogens with zero attached hydrogens (tertiary/aromatic N) is 5. The highest BCUT2D eigenvalue weighted by molar-refractivity contribution is 5.99. The summed E-state index contributed by atoms with van der Waals surface area (Å²) in [4.78, 5) is 2.31. The molecule has 0 spiro atoms. The minimum atomic E-state index is 0.813. The predicted molar refractivity (Wildman–Crippen MR) is 147 cm³/mol. The topological polar surface area (TPSA) is 52.7 Å². The third-order valence-electron chi connectivity index (χ3n) is 6.16. The van der Waals surface area contributed by atoms with Crippen molar-refractivity contribution < 1.29 is 0 Å². The van der Waals surface area contributed by atoms with Crippen LogP contribution in [-0.2, 0) is 6.42 Å². The molecule has 0 aliphatic heterocycles. The molecule has 0 N–H and O–H groups in total. The van der Waals surface area contributed by atoms with Gasteiger partial charge in [0.05, 0.1) is 22.7 Å². The second kappa shape index (κ2) is 12.0. The Bertz CT molecular complexity index is 1290. The average Bonchev–Trinajstić information content (AvgIpc) is 2.92. The molecule has 178 valence electrons. The Morgan fingerprint density at radius 1 is 0.571 bits per heavy atom. The maximum atomic E-state index is 4.55. The lowest BCUT2D eigenvalue weighted by Crippen LogP contribution is -2.21. The SMILES string of the molecule is CCCCc1ccc(N=Nc2ccc(N=Nc3ccc(N(CC)CC)cc3)c3ccccc23)cc1. The predicted octanol–water partition coefficient (Wildman–Crippen LogP) is 9.86. The molecule has 4 aromatic rings. The summed E-state index contributed by atoms with van der Waals surface area (Å²) in [5.74, 6) is 0. The molecule has 0 saturated carbocycles. The fraction of sp³-hybridized carbons (Fsp3) is 0.267. The van der Waals surface area contributed by atoms with Crippen LogP contribution in [0, 0.1) is 0 Å². The van der Waals surface area contributed by atoms with Gasteiger partial charge in [0, 0.05) is 29.5 Å². The number of unbranched alkanes of at least 4 members (excludes halogenated alkanes) is 1. The van der Waals surface area contributed by atoms with Crippen molar-refractivity contribution in [2.24, 2.45) is 20.5 Å². The van der Waals surface area contributed by atoms with Gasteiger partial charge in [0.25, 0.3) is 0 Å². The zero-order valence-corrected chi connectivity index (χ0v) is 20.9. The zero-order chi connectivity index (χ0) is 24.5. The molecular weight excluding hydrogens is 430 g/mol. The molecule has 0 aliphatic rings. The molecule has 5 heteroatoms. The number of aryl methyl sites for hydroxylation is 1. The van der Waals surface area contributed by atoms with Crippen molar-refractivity contribution in [2.75, 3.05) is 18.0 Å². The van der Waals surface area contributed by atoms with Crippen LogP contribution in [0.2, 0.25) is 0 Å². The summed E-state index contributed by atoms with van der Waals surface area (Å²) in [7, 11) is 0. The van der Waals surface area contributed by atoms with Crippen LogP contribution in [0.5, 0.6) is 0 Å². The van der Waals surface area contributed by atoms with Crippen LogP contribution in [0.4, 0.5) is 28.4 Å². The minimum Gasteiger partial charge on any atom is -0.372 e. The van der Waals surface area contributed by atoms with Gasteiger partial charge in [-0.2, -0.15) is 10.2 Å². The molecule has 35 heavy (non-hydrogen) atoms. The zero-order valence-electron chi connectivity index (χ0n) is 20.9. The Balaban J connectivity index is 1.54. The van der Waals surface area contributed by atoms with Gasteiger partial charge in [-0.05, 0) is 80.8 Å². The molecule has 5 nitrogen and oxygen atoms in total. The van der Waals surface area contributed by atoms with Gasteiger partial charge in [0.15, 0.2) is 0 Å². The number of rotatable bonds is 10. The van der Waals surface area contributed by atoms with Crippen LogP contribution < -0.4 is 4.90 Å². The van der Waals surface area contributed by atoms with E-state index >= 15 is 0 Å². The van der Waals surface area contributed by atoms with Crippen molar-refractivity contribution in [3.05, 3.63) is 90.5 Å². The maximum absolute atomic E-state index is 4.55. The number of anilines is 1.